The van der Waals surface area contributed by atoms with Crippen molar-refractivity contribution in [1.82, 2.24) is 0 Å². The highest BCUT2D eigenvalue weighted by atomic mass is 16.5. The van der Waals surface area contributed by atoms with E-state index >= 15 is 0 Å². The first kappa shape index (κ1) is 16.5. The Labute approximate surface area is 122 Å². The van der Waals surface area contributed by atoms with Crippen molar-refractivity contribution < 1.29 is 9.47 Å². The van der Waals surface area contributed by atoms with Crippen LogP contribution in [0.1, 0.15) is 52.4 Å². The maximum Gasteiger partial charge on any atom is 0.163 e. The minimum Gasteiger partial charge on any atom is -0.490 e. The first-order valence-electron chi connectivity index (χ1n) is 7.63. The molecular formula is C16H28N2O2. The average molecular weight is 280 g/mol. The van der Waals surface area contributed by atoms with Crippen LogP contribution in [0.3, 0.4) is 0 Å². The van der Waals surface area contributed by atoms with E-state index in [-0.39, 0.29) is 0 Å². The molecule has 0 spiro atoms. The van der Waals surface area contributed by atoms with Crippen molar-refractivity contribution in [2.75, 3.05) is 24.7 Å². The number of hydrogen-bond acceptors (Lipinski definition) is 4. The predicted octanol–water partition coefficient (Wildman–Crippen LogP) is 3.99. The molecule has 0 aliphatic heterocycles. The molecule has 0 heterocycles. The molecule has 0 radical (unpaired) electrons. The minimum absolute atomic E-state index is 0.538. The van der Waals surface area contributed by atoms with Gasteiger partial charge in [-0.2, -0.15) is 0 Å². The molecule has 1 rings (SSSR count). The van der Waals surface area contributed by atoms with E-state index < -0.39 is 0 Å². The molecule has 0 atom stereocenters. The van der Waals surface area contributed by atoms with E-state index in [4.69, 9.17) is 20.9 Å². The molecule has 0 unspecified atom stereocenters. The zero-order valence-corrected chi connectivity index (χ0v) is 12.8. The van der Waals surface area contributed by atoms with Crippen LogP contribution in [0.2, 0.25) is 0 Å². The van der Waals surface area contributed by atoms with E-state index in [2.05, 4.69) is 13.8 Å². The van der Waals surface area contributed by atoms with Crippen LogP contribution in [-0.4, -0.2) is 13.2 Å². The molecule has 0 amide bonds. The fourth-order valence-electron chi connectivity index (χ4n) is 1.89. The van der Waals surface area contributed by atoms with E-state index in [1.165, 1.54) is 12.8 Å². The van der Waals surface area contributed by atoms with E-state index in [1.807, 2.05) is 0 Å². The molecule has 0 aliphatic rings. The van der Waals surface area contributed by atoms with E-state index in [1.54, 1.807) is 12.1 Å². The molecule has 0 bridgehead atoms. The van der Waals surface area contributed by atoms with Crippen molar-refractivity contribution in [2.24, 2.45) is 0 Å². The Morgan fingerprint density at radius 2 is 1.15 bits per heavy atom. The number of hydrogen-bond donors (Lipinski definition) is 2. The lowest BCUT2D eigenvalue weighted by Crippen LogP contribution is -2.05. The van der Waals surface area contributed by atoms with Crippen LogP contribution in [0.5, 0.6) is 11.5 Å². The minimum atomic E-state index is 0.538. The van der Waals surface area contributed by atoms with Crippen molar-refractivity contribution in [2.45, 2.75) is 52.4 Å². The molecule has 4 heteroatoms. The molecule has 0 fully saturated rings. The van der Waals surface area contributed by atoms with Crippen molar-refractivity contribution in [3.8, 4) is 11.5 Å². The average Bonchev–Trinajstić information content (AvgIpc) is 2.44. The highest BCUT2D eigenvalue weighted by Gasteiger charge is 2.09. The fraction of sp³-hybridized carbons (Fsp3) is 0.625. The van der Waals surface area contributed by atoms with Gasteiger partial charge in [0.2, 0.25) is 0 Å². The number of unbranched alkanes of at least 4 members (excludes halogenated alkanes) is 4. The molecule has 0 saturated carbocycles. The Bertz CT molecular complexity index is 357. The van der Waals surface area contributed by atoms with Gasteiger partial charge in [-0.25, -0.2) is 0 Å². The number of nitrogens with two attached hydrogens (primary N) is 2. The molecule has 20 heavy (non-hydrogen) atoms. The van der Waals surface area contributed by atoms with Crippen LogP contribution in [0.15, 0.2) is 12.1 Å². The smallest absolute Gasteiger partial charge is 0.163 e. The highest BCUT2D eigenvalue weighted by molar-refractivity contribution is 5.69. The summed E-state index contributed by atoms with van der Waals surface area (Å²) in [6, 6.07) is 3.52. The van der Waals surface area contributed by atoms with Crippen molar-refractivity contribution >= 4 is 11.4 Å². The summed E-state index contributed by atoms with van der Waals surface area (Å²) in [5.74, 6) is 1.40. The summed E-state index contributed by atoms with van der Waals surface area (Å²) in [6.45, 7) is 5.71. The van der Waals surface area contributed by atoms with Gasteiger partial charge in [-0.3, -0.25) is 0 Å². The Hall–Kier alpha value is -1.58. The van der Waals surface area contributed by atoms with E-state index in [9.17, 15) is 0 Å². The fourth-order valence-corrected chi connectivity index (χ4v) is 1.89. The predicted molar refractivity (Wildman–Crippen MR) is 85.3 cm³/mol. The number of anilines is 2. The summed E-state index contributed by atoms with van der Waals surface area (Å²) in [5.41, 5.74) is 12.7. The van der Waals surface area contributed by atoms with Gasteiger partial charge in [-0.15, -0.1) is 0 Å². The number of rotatable bonds is 10. The molecule has 0 aliphatic carbocycles. The van der Waals surface area contributed by atoms with Gasteiger partial charge in [-0.05, 0) is 12.8 Å². The van der Waals surface area contributed by atoms with Gasteiger partial charge in [-0.1, -0.05) is 39.5 Å². The number of ether oxygens (including phenoxy) is 2. The van der Waals surface area contributed by atoms with Crippen LogP contribution in [-0.2, 0) is 0 Å². The van der Waals surface area contributed by atoms with Gasteiger partial charge in [0.25, 0.3) is 0 Å². The topological polar surface area (TPSA) is 70.5 Å². The van der Waals surface area contributed by atoms with E-state index in [0.717, 1.165) is 25.7 Å². The van der Waals surface area contributed by atoms with Crippen molar-refractivity contribution in [3.05, 3.63) is 12.1 Å². The first-order chi connectivity index (χ1) is 9.69. The van der Waals surface area contributed by atoms with Crippen LogP contribution < -0.4 is 20.9 Å². The Morgan fingerprint density at radius 1 is 0.750 bits per heavy atom. The Kier molecular flexibility index (Phi) is 7.70. The standard InChI is InChI=1S/C16H28N2O2/c1-3-5-7-9-19-15-11-13(17)14(18)12-16(15)20-10-8-6-4-2/h11-12H,3-10,17-18H2,1-2H3. The Morgan fingerprint density at radius 3 is 1.50 bits per heavy atom. The van der Waals surface area contributed by atoms with Crippen LogP contribution in [0.25, 0.3) is 0 Å². The summed E-state index contributed by atoms with van der Waals surface area (Å²) in [5, 5.41) is 0. The second-order valence-corrected chi connectivity index (χ2v) is 5.04. The third-order valence-corrected chi connectivity index (χ3v) is 3.16. The van der Waals surface area contributed by atoms with Gasteiger partial charge in [0, 0.05) is 12.1 Å². The van der Waals surface area contributed by atoms with Gasteiger partial charge < -0.3 is 20.9 Å². The molecule has 0 saturated heterocycles. The van der Waals surface area contributed by atoms with Crippen molar-refractivity contribution in [3.63, 3.8) is 0 Å². The second kappa shape index (κ2) is 9.34. The largest absolute Gasteiger partial charge is 0.490 e. The number of nitrogen functional groups attached to an aromatic ring is 2. The van der Waals surface area contributed by atoms with Crippen LogP contribution >= 0.6 is 0 Å². The zero-order valence-electron chi connectivity index (χ0n) is 12.8. The molecule has 0 aromatic heterocycles. The quantitative estimate of drug-likeness (QED) is 0.502. The summed E-state index contributed by atoms with van der Waals surface area (Å²) < 4.78 is 11.5. The Balaban J connectivity index is 2.61. The van der Waals surface area contributed by atoms with E-state index in [0.29, 0.717) is 36.1 Å². The summed E-state index contributed by atoms with van der Waals surface area (Å²) in [6.07, 6.45) is 6.75. The van der Waals surface area contributed by atoms with Crippen molar-refractivity contribution in [1.29, 1.82) is 0 Å². The highest BCUT2D eigenvalue weighted by Crippen LogP contribution is 2.34. The zero-order chi connectivity index (χ0) is 14.8. The third-order valence-electron chi connectivity index (χ3n) is 3.16. The molecular weight excluding hydrogens is 252 g/mol. The second-order valence-electron chi connectivity index (χ2n) is 5.04. The maximum atomic E-state index is 5.84. The van der Waals surface area contributed by atoms with Gasteiger partial charge in [0.1, 0.15) is 0 Å². The molecule has 1 aromatic rings. The summed E-state index contributed by atoms with van der Waals surface area (Å²) in [7, 11) is 0. The lowest BCUT2D eigenvalue weighted by Gasteiger charge is -2.14. The monoisotopic (exact) mass is 280 g/mol. The van der Waals surface area contributed by atoms with Crippen LogP contribution in [0, 0.1) is 0 Å². The lowest BCUT2D eigenvalue weighted by molar-refractivity contribution is 0.260. The summed E-state index contributed by atoms with van der Waals surface area (Å²) in [4.78, 5) is 0. The third kappa shape index (κ3) is 5.59. The lowest BCUT2D eigenvalue weighted by atomic mass is 10.2. The van der Waals surface area contributed by atoms with Gasteiger partial charge >= 0.3 is 0 Å². The van der Waals surface area contributed by atoms with Crippen LogP contribution in [0.4, 0.5) is 11.4 Å². The molecule has 4 nitrogen and oxygen atoms in total. The maximum absolute atomic E-state index is 5.84. The molecule has 4 N–H and O–H groups in total. The number of benzene rings is 1. The SMILES string of the molecule is CCCCCOc1cc(N)c(N)cc1OCCCCC. The summed E-state index contributed by atoms with van der Waals surface area (Å²) >= 11 is 0. The van der Waals surface area contributed by atoms with Gasteiger partial charge in [0.05, 0.1) is 24.6 Å². The molecule has 1 aromatic carbocycles. The first-order valence-corrected chi connectivity index (χ1v) is 7.63. The molecule has 114 valence electrons. The normalized spacial score (nSPS) is 10.5. The van der Waals surface area contributed by atoms with Gasteiger partial charge in [0.15, 0.2) is 11.5 Å².